The first-order chi connectivity index (χ1) is 10.2. The number of hydrogen-bond donors (Lipinski definition) is 1. The van der Waals surface area contributed by atoms with E-state index in [4.69, 9.17) is 0 Å². The van der Waals surface area contributed by atoms with Crippen molar-refractivity contribution in [3.63, 3.8) is 0 Å². The summed E-state index contributed by atoms with van der Waals surface area (Å²) in [6, 6.07) is 13.5. The summed E-state index contributed by atoms with van der Waals surface area (Å²) in [5, 5.41) is 5.04. The first-order valence-corrected chi connectivity index (χ1v) is 9.59. The Morgan fingerprint density at radius 1 is 1.14 bits per heavy atom. The smallest absolute Gasteiger partial charge is 0.0765 e. The molecule has 110 valence electrons. The average molecular weight is 380 g/mol. The predicted molar refractivity (Wildman–Crippen MR) is 98.7 cm³/mol. The van der Waals surface area contributed by atoms with Gasteiger partial charge in [-0.05, 0) is 59.4 Å². The molecule has 0 radical (unpaired) electrons. The highest BCUT2D eigenvalue weighted by Crippen LogP contribution is 2.38. The largest absolute Gasteiger partial charge is 0.305 e. The van der Waals surface area contributed by atoms with E-state index in [0.717, 1.165) is 13.0 Å². The zero-order valence-corrected chi connectivity index (χ0v) is 15.4. The van der Waals surface area contributed by atoms with Gasteiger partial charge >= 0.3 is 0 Å². The summed E-state index contributed by atoms with van der Waals surface area (Å²) in [6.45, 7) is 5.41. The second kappa shape index (κ2) is 6.61. The standard InChI is InChI=1S/C17H18BrNS2/c1-3-8-19-17(16-10-13(18)11(2)20-16)15-9-12-6-4-5-7-14(12)21-15/h4-7,9-10,17,19H,3,8H2,1-2H3. The quantitative estimate of drug-likeness (QED) is 0.562. The minimum Gasteiger partial charge on any atom is -0.305 e. The van der Waals surface area contributed by atoms with Gasteiger partial charge in [0.15, 0.2) is 0 Å². The molecule has 1 nitrogen and oxygen atoms in total. The van der Waals surface area contributed by atoms with Crippen molar-refractivity contribution < 1.29 is 0 Å². The fourth-order valence-corrected chi connectivity index (χ4v) is 5.29. The molecule has 0 spiro atoms. The number of rotatable bonds is 5. The molecule has 2 aromatic heterocycles. The third kappa shape index (κ3) is 3.24. The lowest BCUT2D eigenvalue weighted by Crippen LogP contribution is -2.21. The fraction of sp³-hybridized carbons (Fsp3) is 0.294. The molecule has 1 aromatic carbocycles. The molecule has 0 aliphatic rings. The van der Waals surface area contributed by atoms with Crippen LogP contribution in [0.4, 0.5) is 0 Å². The summed E-state index contributed by atoms with van der Waals surface area (Å²) in [4.78, 5) is 4.13. The van der Waals surface area contributed by atoms with E-state index >= 15 is 0 Å². The molecule has 0 fully saturated rings. The van der Waals surface area contributed by atoms with Crippen LogP contribution in [0.5, 0.6) is 0 Å². The topological polar surface area (TPSA) is 12.0 Å². The van der Waals surface area contributed by atoms with Gasteiger partial charge in [0.2, 0.25) is 0 Å². The zero-order valence-electron chi connectivity index (χ0n) is 12.2. The number of nitrogens with one attached hydrogen (secondary N) is 1. The molecule has 0 saturated heterocycles. The number of thiophene rings is 2. The number of benzene rings is 1. The van der Waals surface area contributed by atoms with E-state index in [9.17, 15) is 0 Å². The van der Waals surface area contributed by atoms with Crippen LogP contribution < -0.4 is 5.32 Å². The Morgan fingerprint density at radius 2 is 1.90 bits per heavy atom. The van der Waals surface area contributed by atoms with E-state index in [-0.39, 0.29) is 0 Å². The van der Waals surface area contributed by atoms with Gasteiger partial charge in [0.25, 0.3) is 0 Å². The molecule has 4 heteroatoms. The molecule has 1 N–H and O–H groups in total. The summed E-state index contributed by atoms with van der Waals surface area (Å²) < 4.78 is 2.58. The van der Waals surface area contributed by atoms with E-state index < -0.39 is 0 Å². The Balaban J connectivity index is 2.01. The monoisotopic (exact) mass is 379 g/mol. The van der Waals surface area contributed by atoms with Crippen molar-refractivity contribution in [1.82, 2.24) is 5.32 Å². The molecule has 21 heavy (non-hydrogen) atoms. The molecule has 3 rings (SSSR count). The highest BCUT2D eigenvalue weighted by molar-refractivity contribution is 9.10. The molecule has 1 atom stereocenters. The Hall–Kier alpha value is -0.680. The van der Waals surface area contributed by atoms with Crippen molar-refractivity contribution in [3.05, 3.63) is 55.5 Å². The summed E-state index contributed by atoms with van der Waals surface area (Å²) >= 11 is 7.42. The van der Waals surface area contributed by atoms with Crippen molar-refractivity contribution in [1.29, 1.82) is 0 Å². The van der Waals surface area contributed by atoms with Crippen molar-refractivity contribution in [2.24, 2.45) is 0 Å². The maximum atomic E-state index is 3.70. The molecule has 0 saturated carbocycles. The molecular weight excluding hydrogens is 362 g/mol. The molecule has 3 aromatic rings. The highest BCUT2D eigenvalue weighted by atomic mass is 79.9. The van der Waals surface area contributed by atoms with Crippen molar-refractivity contribution >= 4 is 48.7 Å². The van der Waals surface area contributed by atoms with Crippen molar-refractivity contribution in [3.8, 4) is 0 Å². The highest BCUT2D eigenvalue weighted by Gasteiger charge is 2.19. The first-order valence-electron chi connectivity index (χ1n) is 7.16. The van der Waals surface area contributed by atoms with Crippen LogP contribution in [0.15, 0.2) is 40.9 Å². The van der Waals surface area contributed by atoms with Crippen LogP contribution in [0, 0.1) is 6.92 Å². The normalized spacial score (nSPS) is 12.9. The van der Waals surface area contributed by atoms with Crippen LogP contribution in [-0.4, -0.2) is 6.54 Å². The second-order valence-corrected chi connectivity index (χ2v) is 8.38. The molecule has 1 unspecified atom stereocenters. The third-order valence-electron chi connectivity index (χ3n) is 3.49. The maximum Gasteiger partial charge on any atom is 0.0765 e. The molecule has 0 bridgehead atoms. The van der Waals surface area contributed by atoms with Gasteiger partial charge in [-0.2, -0.15) is 0 Å². The van der Waals surface area contributed by atoms with Gasteiger partial charge in [-0.1, -0.05) is 25.1 Å². The molecule has 2 heterocycles. The van der Waals surface area contributed by atoms with Crippen LogP contribution in [0.3, 0.4) is 0 Å². The first kappa shape index (κ1) is 15.2. The summed E-state index contributed by atoms with van der Waals surface area (Å²) in [7, 11) is 0. The minimum absolute atomic E-state index is 0.303. The van der Waals surface area contributed by atoms with Crippen LogP contribution >= 0.6 is 38.6 Å². The second-order valence-electron chi connectivity index (χ2n) is 5.13. The van der Waals surface area contributed by atoms with Gasteiger partial charge in [0, 0.05) is 23.8 Å². The van der Waals surface area contributed by atoms with E-state index in [0.29, 0.717) is 6.04 Å². The molecule has 0 aliphatic heterocycles. The lowest BCUT2D eigenvalue weighted by Gasteiger charge is -2.15. The van der Waals surface area contributed by atoms with Gasteiger partial charge in [-0.25, -0.2) is 0 Å². The van der Waals surface area contributed by atoms with E-state index in [1.165, 1.54) is 29.2 Å². The SMILES string of the molecule is CCCNC(c1cc(Br)c(C)s1)c1cc2ccccc2s1. The van der Waals surface area contributed by atoms with Crippen LogP contribution in [0.25, 0.3) is 10.1 Å². The molecular formula is C17H18BrNS2. The minimum atomic E-state index is 0.303. The van der Waals surface area contributed by atoms with Crippen molar-refractivity contribution in [2.75, 3.05) is 6.54 Å². The van der Waals surface area contributed by atoms with Crippen molar-refractivity contribution in [2.45, 2.75) is 26.3 Å². The zero-order chi connectivity index (χ0) is 14.8. The average Bonchev–Trinajstić information content (AvgIpc) is 3.04. The number of aryl methyl sites for hydroxylation is 1. The molecule has 0 amide bonds. The number of fused-ring (bicyclic) bond motifs is 1. The fourth-order valence-electron chi connectivity index (χ4n) is 2.40. The van der Waals surface area contributed by atoms with Gasteiger partial charge in [-0.3, -0.25) is 0 Å². The Labute approximate surface area is 142 Å². The number of hydrogen-bond acceptors (Lipinski definition) is 3. The van der Waals surface area contributed by atoms with Crippen LogP contribution in [-0.2, 0) is 0 Å². The van der Waals surface area contributed by atoms with Gasteiger partial charge in [0.1, 0.15) is 0 Å². The predicted octanol–water partition coefficient (Wildman–Crippen LogP) is 6.12. The summed E-state index contributed by atoms with van der Waals surface area (Å²) in [5.41, 5.74) is 0. The summed E-state index contributed by atoms with van der Waals surface area (Å²) in [5.74, 6) is 0. The van der Waals surface area contributed by atoms with Crippen LogP contribution in [0.1, 0.15) is 34.0 Å². The van der Waals surface area contributed by atoms with Crippen LogP contribution in [0.2, 0.25) is 0 Å². The van der Waals surface area contributed by atoms with Gasteiger partial charge in [-0.15, -0.1) is 22.7 Å². The Bertz CT molecular complexity index is 692. The Morgan fingerprint density at radius 3 is 2.57 bits per heavy atom. The van der Waals surface area contributed by atoms with E-state index in [1.807, 2.05) is 22.7 Å². The van der Waals surface area contributed by atoms with Gasteiger partial charge < -0.3 is 5.32 Å². The summed E-state index contributed by atoms with van der Waals surface area (Å²) in [6.07, 6.45) is 1.15. The number of halogens is 1. The Kier molecular flexibility index (Phi) is 4.79. The van der Waals surface area contributed by atoms with Gasteiger partial charge in [0.05, 0.1) is 6.04 Å². The lowest BCUT2D eigenvalue weighted by atomic mass is 10.1. The molecule has 0 aliphatic carbocycles. The third-order valence-corrected chi connectivity index (χ3v) is 6.87. The van der Waals surface area contributed by atoms with E-state index in [2.05, 4.69) is 71.5 Å². The van der Waals surface area contributed by atoms with E-state index in [1.54, 1.807) is 0 Å². The maximum absolute atomic E-state index is 3.70. The lowest BCUT2D eigenvalue weighted by molar-refractivity contribution is 0.613.